The van der Waals surface area contributed by atoms with E-state index in [-0.39, 0.29) is 0 Å². The Morgan fingerprint density at radius 2 is 0.706 bits per heavy atom. The van der Waals surface area contributed by atoms with Gasteiger partial charge in [-0.05, 0) is 126 Å². The molecule has 12 aromatic rings. The molecule has 1 heterocycles. The molecule has 4 heteroatoms. The van der Waals surface area contributed by atoms with Crippen LogP contribution in [0.2, 0.25) is 0 Å². The Labute approximate surface area is 396 Å². The summed E-state index contributed by atoms with van der Waals surface area (Å²) in [5.74, 6) is 0. The monoisotopic (exact) mass is 873 g/mol. The van der Waals surface area contributed by atoms with Crippen molar-refractivity contribution >= 4 is 94.7 Å². The van der Waals surface area contributed by atoms with Gasteiger partial charge in [0.2, 0.25) is 0 Å². The molecular formula is C64H47N3O. The first-order chi connectivity index (χ1) is 33.5. The normalized spacial score (nSPS) is 11.4. The van der Waals surface area contributed by atoms with Gasteiger partial charge in [0.25, 0.3) is 0 Å². The second-order valence-electron chi connectivity index (χ2n) is 17.6. The van der Waals surface area contributed by atoms with Crippen LogP contribution in [0.15, 0.2) is 253 Å². The van der Waals surface area contributed by atoms with Gasteiger partial charge in [-0.15, -0.1) is 0 Å². The number of anilines is 9. The molecule has 0 bridgehead atoms. The number of rotatable bonds is 10. The third-order valence-corrected chi connectivity index (χ3v) is 13.1. The second-order valence-corrected chi connectivity index (χ2v) is 17.6. The first-order valence-corrected chi connectivity index (χ1v) is 23.2. The average Bonchev–Trinajstić information content (AvgIpc) is 3.77. The summed E-state index contributed by atoms with van der Waals surface area (Å²) < 4.78 is 6.89. The molecular weight excluding hydrogens is 827 g/mol. The van der Waals surface area contributed by atoms with Crippen LogP contribution in [0.4, 0.5) is 51.2 Å². The van der Waals surface area contributed by atoms with E-state index in [0.29, 0.717) is 0 Å². The minimum absolute atomic E-state index is 0.821. The van der Waals surface area contributed by atoms with Crippen molar-refractivity contribution in [1.82, 2.24) is 0 Å². The Balaban J connectivity index is 1.19. The lowest BCUT2D eigenvalue weighted by molar-refractivity contribution is 0.669. The molecule has 1 aromatic heterocycles. The zero-order valence-electron chi connectivity index (χ0n) is 37.9. The average molecular weight is 874 g/mol. The van der Waals surface area contributed by atoms with Crippen molar-refractivity contribution in [3.63, 3.8) is 0 Å². The molecule has 0 aliphatic carbocycles. The molecule has 68 heavy (non-hydrogen) atoms. The van der Waals surface area contributed by atoms with E-state index in [9.17, 15) is 0 Å². The van der Waals surface area contributed by atoms with Crippen molar-refractivity contribution in [3.05, 3.63) is 260 Å². The van der Waals surface area contributed by atoms with Crippen molar-refractivity contribution in [1.29, 1.82) is 0 Å². The number of benzene rings is 11. The highest BCUT2D eigenvalue weighted by Gasteiger charge is 2.26. The maximum Gasteiger partial charge on any atom is 0.159 e. The molecule has 0 atom stereocenters. The van der Waals surface area contributed by atoms with Crippen LogP contribution in [0, 0.1) is 13.8 Å². The van der Waals surface area contributed by atoms with E-state index < -0.39 is 0 Å². The van der Waals surface area contributed by atoms with Gasteiger partial charge >= 0.3 is 0 Å². The maximum absolute atomic E-state index is 6.89. The lowest BCUT2D eigenvalue weighted by Gasteiger charge is -2.33. The molecule has 0 saturated heterocycles. The SMILES string of the molecule is Cc1cccc(N(c2cc(N(c3cccc(C)c3)c3cccc4ccccc34)cc(N(c3ccc(-c4ccccc4)cc3)c3cccc4c3oc3ccccc34)c2)c2cccc3ccccc23)c1. The quantitative estimate of drug-likeness (QED) is 0.137. The van der Waals surface area contributed by atoms with Crippen LogP contribution in [-0.4, -0.2) is 0 Å². The van der Waals surface area contributed by atoms with Crippen LogP contribution in [0.3, 0.4) is 0 Å². The predicted molar refractivity (Wildman–Crippen MR) is 288 cm³/mol. The molecule has 0 N–H and O–H groups in total. The summed E-state index contributed by atoms with van der Waals surface area (Å²) in [5, 5.41) is 6.82. The number of para-hydroxylation sites is 2. The van der Waals surface area contributed by atoms with Gasteiger partial charge in [-0.3, -0.25) is 0 Å². The van der Waals surface area contributed by atoms with Crippen LogP contribution in [0.5, 0.6) is 0 Å². The third-order valence-electron chi connectivity index (χ3n) is 13.1. The molecule has 0 amide bonds. The van der Waals surface area contributed by atoms with Gasteiger partial charge in [0.15, 0.2) is 5.58 Å². The topological polar surface area (TPSA) is 22.9 Å². The Kier molecular flexibility index (Phi) is 10.3. The largest absolute Gasteiger partial charge is 0.454 e. The van der Waals surface area contributed by atoms with Crippen molar-refractivity contribution in [2.24, 2.45) is 0 Å². The van der Waals surface area contributed by atoms with Gasteiger partial charge in [-0.2, -0.15) is 0 Å². The summed E-state index contributed by atoms with van der Waals surface area (Å²) in [6.45, 7) is 4.34. The van der Waals surface area contributed by atoms with E-state index in [4.69, 9.17) is 4.42 Å². The van der Waals surface area contributed by atoms with Gasteiger partial charge in [0.1, 0.15) is 5.58 Å². The van der Waals surface area contributed by atoms with Crippen molar-refractivity contribution < 1.29 is 4.42 Å². The summed E-state index contributed by atoms with van der Waals surface area (Å²) >= 11 is 0. The van der Waals surface area contributed by atoms with Gasteiger partial charge in [-0.1, -0.05) is 170 Å². The molecule has 11 aromatic carbocycles. The van der Waals surface area contributed by atoms with Gasteiger partial charge in [-0.25, -0.2) is 0 Å². The lowest BCUT2D eigenvalue weighted by atomic mass is 10.0. The fourth-order valence-corrected chi connectivity index (χ4v) is 9.93. The summed E-state index contributed by atoms with van der Waals surface area (Å²) in [4.78, 5) is 7.23. The molecule has 0 aliphatic heterocycles. The predicted octanol–water partition coefficient (Wildman–Crippen LogP) is 18.6. The number of hydrogen-bond donors (Lipinski definition) is 0. The zero-order chi connectivity index (χ0) is 45.6. The molecule has 324 valence electrons. The minimum Gasteiger partial charge on any atom is -0.454 e. The highest BCUT2D eigenvalue weighted by atomic mass is 16.3. The number of furan rings is 1. The molecule has 0 radical (unpaired) electrons. The standard InChI is InChI=1S/C64H47N3O/c1-44-17-12-25-51(39-44)66(60-31-14-23-48-21-6-8-27-56(48)60)54-41-53(42-55(43-54)67(52-26-13-18-45(2)40-52)61-32-15-24-49-22-7-9-28-57(49)61)65(50-37-35-47(36-38-50)46-19-4-3-5-20-46)62-33-16-30-59-58-29-10-11-34-63(58)68-64(59)62/h3-43H,1-2H3. The van der Waals surface area contributed by atoms with E-state index in [1.54, 1.807) is 0 Å². The number of fused-ring (bicyclic) bond motifs is 5. The Hall–Kier alpha value is -8.86. The van der Waals surface area contributed by atoms with Crippen LogP contribution < -0.4 is 14.7 Å². The fourth-order valence-electron chi connectivity index (χ4n) is 9.93. The molecule has 0 aliphatic rings. The van der Waals surface area contributed by atoms with Crippen LogP contribution >= 0.6 is 0 Å². The second kappa shape index (κ2) is 17.2. The van der Waals surface area contributed by atoms with Crippen LogP contribution in [-0.2, 0) is 0 Å². The van der Waals surface area contributed by atoms with Gasteiger partial charge in [0.05, 0.1) is 34.1 Å². The molecule has 4 nitrogen and oxygen atoms in total. The van der Waals surface area contributed by atoms with E-state index in [1.807, 2.05) is 6.07 Å². The summed E-state index contributed by atoms with van der Waals surface area (Å²) in [6, 6.07) is 89.7. The summed E-state index contributed by atoms with van der Waals surface area (Å²) in [7, 11) is 0. The van der Waals surface area contributed by atoms with E-state index >= 15 is 0 Å². The van der Waals surface area contributed by atoms with Crippen molar-refractivity contribution in [3.8, 4) is 11.1 Å². The molecule has 0 unspecified atom stereocenters. The Bertz CT molecular complexity index is 3640. The first kappa shape index (κ1) is 40.6. The third kappa shape index (κ3) is 7.39. The highest BCUT2D eigenvalue weighted by molar-refractivity contribution is 6.11. The number of aryl methyl sites for hydroxylation is 2. The van der Waals surface area contributed by atoms with Crippen molar-refractivity contribution in [2.75, 3.05) is 14.7 Å². The zero-order valence-corrected chi connectivity index (χ0v) is 37.9. The fraction of sp³-hybridized carbons (Fsp3) is 0.0312. The smallest absolute Gasteiger partial charge is 0.159 e. The van der Waals surface area contributed by atoms with E-state index in [1.165, 1.54) is 27.5 Å². The summed E-state index contributed by atoms with van der Waals surface area (Å²) in [5.41, 5.74) is 15.6. The van der Waals surface area contributed by atoms with Gasteiger partial charge < -0.3 is 19.1 Å². The number of nitrogens with zero attached hydrogens (tertiary/aromatic N) is 3. The van der Waals surface area contributed by atoms with Crippen molar-refractivity contribution in [2.45, 2.75) is 13.8 Å². The Morgan fingerprint density at radius 3 is 1.28 bits per heavy atom. The summed E-state index contributed by atoms with van der Waals surface area (Å²) in [6.07, 6.45) is 0. The first-order valence-electron chi connectivity index (χ1n) is 23.2. The van der Waals surface area contributed by atoms with Gasteiger partial charge in [0, 0.05) is 38.6 Å². The highest BCUT2D eigenvalue weighted by Crippen LogP contribution is 2.50. The van der Waals surface area contributed by atoms with E-state index in [0.717, 1.165) is 89.5 Å². The number of hydrogen-bond acceptors (Lipinski definition) is 4. The molecule has 12 rings (SSSR count). The van der Waals surface area contributed by atoms with E-state index in [2.05, 4.69) is 271 Å². The Morgan fingerprint density at radius 1 is 0.279 bits per heavy atom. The lowest BCUT2D eigenvalue weighted by Crippen LogP contribution is -2.17. The van der Waals surface area contributed by atoms with Crippen LogP contribution in [0.1, 0.15) is 11.1 Å². The minimum atomic E-state index is 0.821. The molecule has 0 saturated carbocycles. The molecule has 0 fully saturated rings. The molecule has 0 spiro atoms. The maximum atomic E-state index is 6.89. The van der Waals surface area contributed by atoms with Crippen LogP contribution in [0.25, 0.3) is 54.6 Å².